The Bertz CT molecular complexity index is 598. The van der Waals surface area contributed by atoms with Gasteiger partial charge in [-0.05, 0) is 43.0 Å². The number of allylic oxidation sites excluding steroid dienone is 4. The lowest BCUT2D eigenvalue weighted by Gasteiger charge is -2.15. The van der Waals surface area contributed by atoms with Crippen molar-refractivity contribution in [2.75, 3.05) is 5.32 Å². The molecule has 2 N–H and O–H groups in total. The highest BCUT2D eigenvalue weighted by molar-refractivity contribution is 5.88. The second-order valence-electron chi connectivity index (χ2n) is 5.25. The average molecular weight is 284 g/mol. The number of anilines is 1. The molecule has 0 heterocycles. The number of carbonyl (C=O) groups is 2. The van der Waals surface area contributed by atoms with E-state index in [2.05, 4.69) is 16.7 Å². The first kappa shape index (κ1) is 15.0. The monoisotopic (exact) mass is 284 g/mol. The predicted molar refractivity (Wildman–Crippen MR) is 83.7 cm³/mol. The van der Waals surface area contributed by atoms with Crippen LogP contribution in [0.1, 0.15) is 32.3 Å². The van der Waals surface area contributed by atoms with E-state index in [1.807, 2.05) is 30.3 Å². The quantitative estimate of drug-likeness (QED) is 0.893. The maximum Gasteiger partial charge on any atom is 0.221 e. The lowest BCUT2D eigenvalue weighted by molar-refractivity contribution is -0.118. The molecule has 0 atom stereocenters. The van der Waals surface area contributed by atoms with E-state index in [1.165, 1.54) is 25.0 Å². The van der Waals surface area contributed by atoms with Crippen molar-refractivity contribution in [2.24, 2.45) is 0 Å². The van der Waals surface area contributed by atoms with Gasteiger partial charge in [-0.3, -0.25) is 9.59 Å². The third-order valence-corrected chi connectivity index (χ3v) is 3.28. The van der Waals surface area contributed by atoms with E-state index in [0.29, 0.717) is 0 Å². The first-order valence-corrected chi connectivity index (χ1v) is 7.05. The lowest BCUT2D eigenvalue weighted by atomic mass is 9.96. The number of amides is 2. The van der Waals surface area contributed by atoms with Crippen molar-refractivity contribution in [1.82, 2.24) is 5.32 Å². The van der Waals surface area contributed by atoms with Gasteiger partial charge in [0.1, 0.15) is 0 Å². The van der Waals surface area contributed by atoms with Gasteiger partial charge in [-0.2, -0.15) is 0 Å². The number of hydrogen-bond acceptors (Lipinski definition) is 2. The maximum absolute atomic E-state index is 11.0. The highest BCUT2D eigenvalue weighted by Gasteiger charge is 2.08. The van der Waals surface area contributed by atoms with Gasteiger partial charge in [-0.25, -0.2) is 0 Å². The van der Waals surface area contributed by atoms with Crippen LogP contribution in [0.5, 0.6) is 0 Å². The highest BCUT2D eigenvalue weighted by atomic mass is 16.2. The van der Waals surface area contributed by atoms with E-state index in [0.717, 1.165) is 30.6 Å². The van der Waals surface area contributed by atoms with Gasteiger partial charge in [0.05, 0.1) is 0 Å². The fourth-order valence-corrected chi connectivity index (χ4v) is 2.33. The van der Waals surface area contributed by atoms with Gasteiger partial charge in [0.15, 0.2) is 0 Å². The summed E-state index contributed by atoms with van der Waals surface area (Å²) in [7, 11) is 0. The second kappa shape index (κ2) is 6.88. The zero-order valence-corrected chi connectivity index (χ0v) is 12.4. The van der Waals surface area contributed by atoms with Crippen LogP contribution in [0.2, 0.25) is 0 Å². The number of nitrogens with one attached hydrogen (secondary N) is 2. The van der Waals surface area contributed by atoms with Crippen molar-refractivity contribution in [3.05, 3.63) is 53.3 Å². The summed E-state index contributed by atoms with van der Waals surface area (Å²) in [6.45, 7) is 3.02. The molecule has 0 saturated carbocycles. The van der Waals surface area contributed by atoms with Crippen LogP contribution in [0.4, 0.5) is 5.69 Å². The Morgan fingerprint density at radius 3 is 2.14 bits per heavy atom. The zero-order chi connectivity index (χ0) is 15.2. The van der Waals surface area contributed by atoms with Gasteiger partial charge in [0.25, 0.3) is 0 Å². The van der Waals surface area contributed by atoms with Crippen molar-refractivity contribution in [1.29, 1.82) is 0 Å². The summed E-state index contributed by atoms with van der Waals surface area (Å²) in [5.74, 6) is -0.0833. The van der Waals surface area contributed by atoms with Crippen LogP contribution in [0.25, 0.3) is 0 Å². The first-order valence-electron chi connectivity index (χ1n) is 7.05. The first-order chi connectivity index (χ1) is 10.0. The normalized spacial score (nSPS) is 14.0. The van der Waals surface area contributed by atoms with Crippen molar-refractivity contribution < 1.29 is 9.59 Å². The number of carbonyl (C=O) groups excluding carboxylic acids is 2. The minimum atomic E-state index is -0.0617. The van der Waals surface area contributed by atoms with Crippen LogP contribution in [0.3, 0.4) is 0 Å². The summed E-state index contributed by atoms with van der Waals surface area (Å²) in [5.41, 5.74) is 4.35. The van der Waals surface area contributed by atoms with E-state index in [1.54, 1.807) is 0 Å². The van der Waals surface area contributed by atoms with Crippen LogP contribution in [0.15, 0.2) is 47.7 Å². The molecule has 0 aromatic heterocycles. The molecule has 21 heavy (non-hydrogen) atoms. The molecule has 2 amide bonds. The molecular weight excluding hydrogens is 264 g/mol. The average Bonchev–Trinajstić information content (AvgIpc) is 2.42. The molecule has 0 saturated heterocycles. The molecule has 2 rings (SSSR count). The molecule has 0 spiro atoms. The molecule has 0 bridgehead atoms. The van der Waals surface area contributed by atoms with E-state index >= 15 is 0 Å². The Balaban J connectivity index is 1.96. The fraction of sp³-hybridized carbons (Fsp3) is 0.294. The topological polar surface area (TPSA) is 58.2 Å². The second-order valence-corrected chi connectivity index (χ2v) is 5.25. The van der Waals surface area contributed by atoms with Crippen molar-refractivity contribution in [3.63, 3.8) is 0 Å². The Hall–Kier alpha value is -2.36. The lowest BCUT2D eigenvalue weighted by Crippen LogP contribution is -2.20. The molecule has 110 valence electrons. The van der Waals surface area contributed by atoms with E-state index in [4.69, 9.17) is 0 Å². The van der Waals surface area contributed by atoms with Gasteiger partial charge in [-0.1, -0.05) is 23.8 Å². The Morgan fingerprint density at radius 2 is 1.62 bits per heavy atom. The van der Waals surface area contributed by atoms with Crippen molar-refractivity contribution in [3.8, 4) is 0 Å². The fourth-order valence-electron chi connectivity index (χ4n) is 2.33. The molecule has 0 radical (unpaired) electrons. The maximum atomic E-state index is 11.0. The third-order valence-electron chi connectivity index (χ3n) is 3.28. The number of hydrogen-bond donors (Lipinski definition) is 2. The van der Waals surface area contributed by atoms with Gasteiger partial charge in [-0.15, -0.1) is 0 Å². The minimum absolute atomic E-state index is 0.0216. The van der Waals surface area contributed by atoms with Gasteiger partial charge in [0, 0.05) is 25.2 Å². The molecule has 0 fully saturated rings. The van der Waals surface area contributed by atoms with Crippen molar-refractivity contribution in [2.45, 2.75) is 33.1 Å². The van der Waals surface area contributed by atoms with Crippen molar-refractivity contribution >= 4 is 17.5 Å². The number of rotatable bonds is 4. The smallest absolute Gasteiger partial charge is 0.221 e. The molecule has 1 aromatic rings. The van der Waals surface area contributed by atoms with E-state index in [-0.39, 0.29) is 11.8 Å². The Morgan fingerprint density at radius 1 is 0.952 bits per heavy atom. The largest absolute Gasteiger partial charge is 0.330 e. The van der Waals surface area contributed by atoms with E-state index in [9.17, 15) is 9.59 Å². The van der Waals surface area contributed by atoms with Gasteiger partial charge < -0.3 is 10.6 Å². The summed E-state index contributed by atoms with van der Waals surface area (Å²) in [6.07, 6.45) is 6.78. The van der Waals surface area contributed by atoms with Crippen LogP contribution in [0, 0.1) is 0 Å². The summed E-state index contributed by atoms with van der Waals surface area (Å²) >= 11 is 0. The van der Waals surface area contributed by atoms with Crippen LogP contribution in [-0.4, -0.2) is 11.8 Å². The summed E-state index contributed by atoms with van der Waals surface area (Å²) in [5, 5.41) is 5.59. The van der Waals surface area contributed by atoms with Crippen LogP contribution in [-0.2, 0) is 16.0 Å². The molecular formula is C17H20N2O2. The zero-order valence-electron chi connectivity index (χ0n) is 12.4. The molecule has 1 aliphatic carbocycles. The summed E-state index contributed by atoms with van der Waals surface area (Å²) in [6, 6.07) is 7.88. The Labute approximate surface area is 124 Å². The predicted octanol–water partition coefficient (Wildman–Crippen LogP) is 2.93. The minimum Gasteiger partial charge on any atom is -0.330 e. The van der Waals surface area contributed by atoms with Crippen LogP contribution < -0.4 is 10.6 Å². The van der Waals surface area contributed by atoms with Gasteiger partial charge >= 0.3 is 0 Å². The standard InChI is InChI=1S/C17H20N2O2/c1-12(20)18-16-7-3-14(4-8-16)11-15-5-9-17(10-6-15)19-13(2)21/h3-5,7-9H,6,10-11H2,1-2H3,(H,18,20)(H,19,21). The molecule has 1 aromatic carbocycles. The molecule has 0 unspecified atom stereocenters. The molecule has 0 aliphatic heterocycles. The van der Waals surface area contributed by atoms with Crippen LogP contribution >= 0.6 is 0 Å². The summed E-state index contributed by atoms with van der Waals surface area (Å²) < 4.78 is 0. The molecule has 1 aliphatic rings. The van der Waals surface area contributed by atoms with Gasteiger partial charge in [0.2, 0.25) is 11.8 Å². The van der Waals surface area contributed by atoms with E-state index < -0.39 is 0 Å². The number of benzene rings is 1. The molecule has 4 nitrogen and oxygen atoms in total. The third kappa shape index (κ3) is 4.91. The highest BCUT2D eigenvalue weighted by Crippen LogP contribution is 2.21. The Kier molecular flexibility index (Phi) is 4.93. The summed E-state index contributed by atoms with van der Waals surface area (Å²) in [4.78, 5) is 22.0. The SMILES string of the molecule is CC(=O)NC1=CC=C(Cc2ccc(NC(C)=O)cc2)CC1. The molecule has 4 heteroatoms.